The molecule has 0 unspecified atom stereocenters. The third kappa shape index (κ3) is 7.00. The van der Waals surface area contributed by atoms with Gasteiger partial charge in [0.15, 0.2) is 0 Å². The van der Waals surface area contributed by atoms with Crippen LogP contribution in [0.5, 0.6) is 0 Å². The van der Waals surface area contributed by atoms with Gasteiger partial charge in [-0.1, -0.05) is 0 Å². The van der Waals surface area contributed by atoms with Gasteiger partial charge in [0.05, 0.1) is 23.5 Å². The maximum atomic E-state index is 13.2. The number of ether oxygens (including phenoxy) is 1. The van der Waals surface area contributed by atoms with E-state index in [0.29, 0.717) is 57.3 Å². The van der Waals surface area contributed by atoms with E-state index in [1.54, 1.807) is 13.2 Å². The van der Waals surface area contributed by atoms with Crippen molar-refractivity contribution < 1.29 is 28.6 Å². The number of methoxy groups -OCH3 is 1. The Morgan fingerprint density at radius 1 is 1.03 bits per heavy atom. The number of carbonyl (C=O) groups excluding carboxylic acids is 2. The highest BCUT2D eigenvalue weighted by molar-refractivity contribution is 6.06. The number of piperazine rings is 1. The van der Waals surface area contributed by atoms with Crippen molar-refractivity contribution in [3.05, 3.63) is 59.4 Å². The van der Waals surface area contributed by atoms with Gasteiger partial charge < -0.3 is 25.4 Å². The zero-order valence-corrected chi connectivity index (χ0v) is 19.1. The topological polar surface area (TPSA) is 111 Å². The number of nitrogens with zero attached hydrogens (tertiary/aromatic N) is 2. The molecule has 1 aliphatic rings. The molecule has 2 amide bonds. The Morgan fingerprint density at radius 2 is 1.71 bits per heavy atom. The number of carboxylic acids is 1. The summed E-state index contributed by atoms with van der Waals surface area (Å²) in [6.07, 6.45) is 0.759. The molecule has 0 saturated carbocycles. The number of rotatable bonds is 10. The molecule has 0 aromatic heterocycles. The van der Waals surface area contributed by atoms with Crippen molar-refractivity contribution in [3.8, 4) is 0 Å². The quantitative estimate of drug-likeness (QED) is 0.454. The first kappa shape index (κ1) is 25.1. The molecule has 9 nitrogen and oxygen atoms in total. The zero-order chi connectivity index (χ0) is 24.5. The summed E-state index contributed by atoms with van der Waals surface area (Å²) in [5.74, 6) is -2.06. The third-order valence-corrected chi connectivity index (χ3v) is 5.53. The minimum Gasteiger partial charge on any atom is -0.478 e. The van der Waals surface area contributed by atoms with Gasteiger partial charge in [0.2, 0.25) is 5.91 Å². The van der Waals surface area contributed by atoms with E-state index in [9.17, 15) is 23.9 Å². The molecule has 10 heteroatoms. The molecule has 3 N–H and O–H groups in total. The SMILES string of the molecule is COCCCNC(=O)CN1CCN(c2ccc(C(=O)O)cc2NC(=O)c2ccc(F)cc2)CC1. The lowest BCUT2D eigenvalue weighted by atomic mass is 10.1. The van der Waals surface area contributed by atoms with Gasteiger partial charge in [0, 0.05) is 52.0 Å². The first-order valence-corrected chi connectivity index (χ1v) is 11.0. The molecule has 3 rings (SSSR count). The number of aromatic carboxylic acids is 1. The maximum absolute atomic E-state index is 13.2. The van der Waals surface area contributed by atoms with Gasteiger partial charge in [-0.05, 0) is 48.9 Å². The molecule has 2 aromatic rings. The van der Waals surface area contributed by atoms with Gasteiger partial charge in [-0.3, -0.25) is 14.5 Å². The number of anilines is 2. The molecule has 1 fully saturated rings. The van der Waals surface area contributed by atoms with Crippen molar-refractivity contribution in [3.63, 3.8) is 0 Å². The molecule has 0 aliphatic carbocycles. The van der Waals surface area contributed by atoms with Crippen molar-refractivity contribution >= 4 is 29.2 Å². The second-order valence-corrected chi connectivity index (χ2v) is 7.96. The van der Waals surface area contributed by atoms with Crippen LogP contribution in [0.4, 0.5) is 15.8 Å². The lowest BCUT2D eigenvalue weighted by Gasteiger charge is -2.36. The number of carboxylic acid groups (broad SMARTS) is 1. The van der Waals surface area contributed by atoms with Crippen LogP contribution in [-0.4, -0.2) is 80.8 Å². The van der Waals surface area contributed by atoms with Gasteiger partial charge in [-0.15, -0.1) is 0 Å². The van der Waals surface area contributed by atoms with Gasteiger partial charge >= 0.3 is 5.97 Å². The van der Waals surface area contributed by atoms with Crippen LogP contribution < -0.4 is 15.5 Å². The van der Waals surface area contributed by atoms with Crippen LogP contribution in [-0.2, 0) is 9.53 Å². The van der Waals surface area contributed by atoms with E-state index in [-0.39, 0.29) is 17.0 Å². The summed E-state index contributed by atoms with van der Waals surface area (Å²) in [5, 5.41) is 15.0. The number of benzene rings is 2. The van der Waals surface area contributed by atoms with Crippen LogP contribution in [0.2, 0.25) is 0 Å². The Hall–Kier alpha value is -3.50. The summed E-state index contributed by atoms with van der Waals surface area (Å²) in [7, 11) is 1.62. The lowest BCUT2D eigenvalue weighted by Crippen LogP contribution is -2.49. The molecular weight excluding hydrogens is 443 g/mol. The fourth-order valence-corrected chi connectivity index (χ4v) is 3.69. The normalized spacial score (nSPS) is 14.0. The highest BCUT2D eigenvalue weighted by Crippen LogP contribution is 2.29. The summed E-state index contributed by atoms with van der Waals surface area (Å²) >= 11 is 0. The molecule has 182 valence electrons. The number of amides is 2. The Kier molecular flexibility index (Phi) is 8.94. The first-order valence-electron chi connectivity index (χ1n) is 11.0. The molecule has 1 aliphatic heterocycles. The molecule has 1 heterocycles. The van der Waals surface area contributed by atoms with Crippen molar-refractivity contribution in [2.45, 2.75) is 6.42 Å². The largest absolute Gasteiger partial charge is 0.478 e. The number of hydrogen-bond donors (Lipinski definition) is 3. The number of carbonyl (C=O) groups is 3. The van der Waals surface area contributed by atoms with E-state index in [4.69, 9.17) is 4.74 Å². The fourth-order valence-electron chi connectivity index (χ4n) is 3.69. The number of halogens is 1. The average molecular weight is 473 g/mol. The summed E-state index contributed by atoms with van der Waals surface area (Å²) in [6, 6.07) is 9.69. The standard InChI is InChI=1S/C24H29FN4O5/c1-34-14-2-9-26-22(30)16-28-10-12-29(13-11-28)21-8-5-18(24(32)33)15-20(21)27-23(31)17-3-6-19(25)7-4-17/h3-8,15H,2,9-14,16H2,1H3,(H,26,30)(H,27,31)(H,32,33). The van der Waals surface area contributed by atoms with Crippen LogP contribution in [0, 0.1) is 5.82 Å². The van der Waals surface area contributed by atoms with Crippen LogP contribution in [0.3, 0.4) is 0 Å². The van der Waals surface area contributed by atoms with Crippen molar-refractivity contribution in [1.29, 1.82) is 0 Å². The minimum atomic E-state index is -1.11. The van der Waals surface area contributed by atoms with E-state index in [2.05, 4.69) is 10.6 Å². The van der Waals surface area contributed by atoms with E-state index < -0.39 is 17.7 Å². The van der Waals surface area contributed by atoms with Crippen molar-refractivity contribution in [2.75, 3.05) is 63.2 Å². The first-order chi connectivity index (χ1) is 16.4. The van der Waals surface area contributed by atoms with E-state index in [1.807, 2.05) is 9.80 Å². The zero-order valence-electron chi connectivity index (χ0n) is 19.1. The highest BCUT2D eigenvalue weighted by Gasteiger charge is 2.22. The van der Waals surface area contributed by atoms with Crippen molar-refractivity contribution in [2.24, 2.45) is 0 Å². The monoisotopic (exact) mass is 472 g/mol. The fraction of sp³-hybridized carbons (Fsp3) is 0.375. The molecule has 0 bridgehead atoms. The molecular formula is C24H29FN4O5. The molecule has 1 saturated heterocycles. The summed E-state index contributed by atoms with van der Waals surface area (Å²) < 4.78 is 18.2. The smallest absolute Gasteiger partial charge is 0.335 e. The van der Waals surface area contributed by atoms with Crippen LogP contribution in [0.1, 0.15) is 27.1 Å². The Morgan fingerprint density at radius 3 is 2.35 bits per heavy atom. The maximum Gasteiger partial charge on any atom is 0.335 e. The summed E-state index contributed by atoms with van der Waals surface area (Å²) in [5.41, 5.74) is 1.35. The van der Waals surface area contributed by atoms with Gasteiger partial charge in [0.25, 0.3) is 5.91 Å². The van der Waals surface area contributed by atoms with Gasteiger partial charge in [0.1, 0.15) is 5.82 Å². The van der Waals surface area contributed by atoms with Crippen molar-refractivity contribution in [1.82, 2.24) is 10.2 Å². The van der Waals surface area contributed by atoms with E-state index in [0.717, 1.165) is 6.42 Å². The van der Waals surface area contributed by atoms with Gasteiger partial charge in [-0.25, -0.2) is 9.18 Å². The third-order valence-electron chi connectivity index (χ3n) is 5.53. The minimum absolute atomic E-state index is 0.0392. The summed E-state index contributed by atoms with van der Waals surface area (Å²) in [6.45, 7) is 3.94. The number of nitrogens with one attached hydrogen (secondary N) is 2. The predicted molar refractivity (Wildman–Crippen MR) is 126 cm³/mol. The predicted octanol–water partition coefficient (Wildman–Crippen LogP) is 2.05. The highest BCUT2D eigenvalue weighted by atomic mass is 19.1. The lowest BCUT2D eigenvalue weighted by molar-refractivity contribution is -0.122. The number of hydrogen-bond acceptors (Lipinski definition) is 6. The van der Waals surface area contributed by atoms with Crippen LogP contribution in [0.15, 0.2) is 42.5 Å². The Bertz CT molecular complexity index is 1010. The molecule has 0 spiro atoms. The Labute approximate surface area is 197 Å². The second-order valence-electron chi connectivity index (χ2n) is 7.96. The Balaban J connectivity index is 1.65. The molecule has 0 atom stereocenters. The average Bonchev–Trinajstić information content (AvgIpc) is 2.83. The van der Waals surface area contributed by atoms with Crippen LogP contribution in [0.25, 0.3) is 0 Å². The molecule has 0 radical (unpaired) electrons. The van der Waals surface area contributed by atoms with Gasteiger partial charge in [-0.2, -0.15) is 0 Å². The summed E-state index contributed by atoms with van der Waals surface area (Å²) in [4.78, 5) is 40.4. The van der Waals surface area contributed by atoms with E-state index in [1.165, 1.54) is 36.4 Å². The second kappa shape index (κ2) is 12.1. The molecule has 34 heavy (non-hydrogen) atoms. The van der Waals surface area contributed by atoms with Crippen LogP contribution >= 0.6 is 0 Å². The molecule has 2 aromatic carbocycles. The van der Waals surface area contributed by atoms with E-state index >= 15 is 0 Å².